The lowest BCUT2D eigenvalue weighted by Crippen LogP contribution is -2.20. The quantitative estimate of drug-likeness (QED) is 0.815. The van der Waals surface area contributed by atoms with Crippen LogP contribution in [0.25, 0.3) is 0 Å². The van der Waals surface area contributed by atoms with E-state index in [0.717, 1.165) is 37.0 Å². The molecule has 0 radical (unpaired) electrons. The fourth-order valence-electron chi connectivity index (χ4n) is 2.09. The van der Waals surface area contributed by atoms with Gasteiger partial charge in [-0.1, -0.05) is 0 Å². The molecule has 0 bridgehead atoms. The number of aliphatic imine (C=N–C) groups is 1. The second-order valence-corrected chi connectivity index (χ2v) is 4.51. The number of hydrogen-bond donors (Lipinski definition) is 1. The molecule has 0 amide bonds. The van der Waals surface area contributed by atoms with Crippen LogP contribution in [0.5, 0.6) is 5.75 Å². The second kappa shape index (κ2) is 5.82. The van der Waals surface area contributed by atoms with E-state index in [2.05, 4.69) is 4.99 Å². The molecule has 0 heterocycles. The molecule has 0 aliphatic heterocycles. The largest absolute Gasteiger partial charge is 0.497 e. The number of benzene rings is 1. The van der Waals surface area contributed by atoms with Crippen molar-refractivity contribution in [3.63, 3.8) is 0 Å². The van der Waals surface area contributed by atoms with Gasteiger partial charge in [0.15, 0.2) is 0 Å². The van der Waals surface area contributed by atoms with Gasteiger partial charge in [0.2, 0.25) is 0 Å². The molecule has 0 aromatic heterocycles. The smallest absolute Gasteiger partial charge is 0.118 e. The molecular weight excluding hydrogens is 214 g/mol. The third kappa shape index (κ3) is 3.56. The molecule has 1 aromatic carbocycles. The van der Waals surface area contributed by atoms with Crippen molar-refractivity contribution in [2.24, 2.45) is 4.99 Å². The van der Waals surface area contributed by atoms with E-state index in [0.29, 0.717) is 6.04 Å². The summed E-state index contributed by atoms with van der Waals surface area (Å²) in [5.74, 6) is 0.864. The van der Waals surface area contributed by atoms with Crippen molar-refractivity contribution in [3.8, 4) is 5.75 Å². The first-order valence-corrected chi connectivity index (χ1v) is 6.13. The van der Waals surface area contributed by atoms with Gasteiger partial charge in [0.1, 0.15) is 5.75 Å². The SMILES string of the molecule is COc1ccc(C=NC2CCC(O)CC2)cc1. The maximum absolute atomic E-state index is 9.40. The predicted molar refractivity (Wildman–Crippen MR) is 68.9 cm³/mol. The van der Waals surface area contributed by atoms with Gasteiger partial charge in [-0.15, -0.1) is 0 Å². The second-order valence-electron chi connectivity index (χ2n) is 4.51. The van der Waals surface area contributed by atoms with Crippen LogP contribution < -0.4 is 4.74 Å². The molecule has 1 aliphatic carbocycles. The summed E-state index contributed by atoms with van der Waals surface area (Å²) in [6.07, 6.45) is 5.56. The summed E-state index contributed by atoms with van der Waals surface area (Å²) < 4.78 is 5.10. The Kier molecular flexibility index (Phi) is 4.15. The fraction of sp³-hybridized carbons (Fsp3) is 0.500. The van der Waals surface area contributed by atoms with Crippen LogP contribution in [0, 0.1) is 0 Å². The van der Waals surface area contributed by atoms with Crippen LogP contribution in [-0.2, 0) is 0 Å². The highest BCUT2D eigenvalue weighted by molar-refractivity contribution is 5.79. The standard InChI is InChI=1S/C14H19NO2/c1-17-14-8-2-11(3-9-14)10-15-12-4-6-13(16)7-5-12/h2-3,8-10,12-13,16H,4-7H2,1H3. The summed E-state index contributed by atoms with van der Waals surface area (Å²) in [5.41, 5.74) is 1.09. The zero-order valence-electron chi connectivity index (χ0n) is 10.2. The first-order valence-electron chi connectivity index (χ1n) is 6.13. The number of aliphatic hydroxyl groups is 1. The molecule has 1 N–H and O–H groups in total. The van der Waals surface area contributed by atoms with Crippen LogP contribution in [0.1, 0.15) is 31.2 Å². The Bertz CT molecular complexity index is 364. The molecule has 0 unspecified atom stereocenters. The minimum Gasteiger partial charge on any atom is -0.497 e. The van der Waals surface area contributed by atoms with E-state index in [-0.39, 0.29) is 6.10 Å². The van der Waals surface area contributed by atoms with Crippen molar-refractivity contribution in [1.29, 1.82) is 0 Å². The van der Waals surface area contributed by atoms with E-state index in [4.69, 9.17) is 4.74 Å². The maximum Gasteiger partial charge on any atom is 0.118 e. The van der Waals surface area contributed by atoms with E-state index < -0.39 is 0 Å². The molecule has 0 spiro atoms. The highest BCUT2D eigenvalue weighted by atomic mass is 16.5. The Hall–Kier alpha value is -1.35. The predicted octanol–water partition coefficient (Wildman–Crippen LogP) is 2.42. The van der Waals surface area contributed by atoms with Crippen molar-refractivity contribution in [3.05, 3.63) is 29.8 Å². The normalized spacial score (nSPS) is 25.1. The zero-order chi connectivity index (χ0) is 12.1. The Balaban J connectivity index is 1.90. The highest BCUT2D eigenvalue weighted by Gasteiger charge is 2.17. The number of nitrogens with zero attached hydrogens (tertiary/aromatic N) is 1. The average Bonchev–Trinajstić information content (AvgIpc) is 2.39. The van der Waals surface area contributed by atoms with E-state index in [1.165, 1.54) is 0 Å². The van der Waals surface area contributed by atoms with Gasteiger partial charge in [0.25, 0.3) is 0 Å². The molecule has 1 saturated carbocycles. The van der Waals surface area contributed by atoms with Crippen molar-refractivity contribution in [2.45, 2.75) is 37.8 Å². The minimum absolute atomic E-state index is 0.109. The number of ether oxygens (including phenoxy) is 1. The fourth-order valence-corrected chi connectivity index (χ4v) is 2.09. The van der Waals surface area contributed by atoms with Gasteiger partial charge in [-0.25, -0.2) is 0 Å². The summed E-state index contributed by atoms with van der Waals surface area (Å²) in [5, 5.41) is 9.40. The third-order valence-corrected chi connectivity index (χ3v) is 3.22. The molecule has 17 heavy (non-hydrogen) atoms. The third-order valence-electron chi connectivity index (χ3n) is 3.22. The van der Waals surface area contributed by atoms with Gasteiger partial charge < -0.3 is 9.84 Å². The van der Waals surface area contributed by atoms with Gasteiger partial charge in [-0.2, -0.15) is 0 Å². The summed E-state index contributed by atoms with van der Waals surface area (Å²) in [4.78, 5) is 4.57. The molecule has 3 nitrogen and oxygen atoms in total. The van der Waals surface area contributed by atoms with E-state index in [9.17, 15) is 5.11 Å². The van der Waals surface area contributed by atoms with E-state index in [1.54, 1.807) is 7.11 Å². The van der Waals surface area contributed by atoms with Crippen molar-refractivity contribution >= 4 is 6.21 Å². The molecule has 0 saturated heterocycles. The molecule has 0 atom stereocenters. The lowest BCUT2D eigenvalue weighted by molar-refractivity contribution is 0.123. The van der Waals surface area contributed by atoms with Gasteiger partial charge in [0, 0.05) is 6.21 Å². The first kappa shape index (κ1) is 12.1. The van der Waals surface area contributed by atoms with Gasteiger partial charge in [-0.05, 0) is 55.5 Å². The van der Waals surface area contributed by atoms with Gasteiger partial charge >= 0.3 is 0 Å². The maximum atomic E-state index is 9.40. The lowest BCUT2D eigenvalue weighted by Gasteiger charge is -2.22. The monoisotopic (exact) mass is 233 g/mol. The molecule has 1 aliphatic rings. The molecule has 2 rings (SSSR count). The summed E-state index contributed by atoms with van der Waals surface area (Å²) in [6, 6.07) is 8.25. The van der Waals surface area contributed by atoms with Crippen LogP contribution in [0.3, 0.4) is 0 Å². The number of methoxy groups -OCH3 is 1. The Morgan fingerprint density at radius 1 is 1.18 bits per heavy atom. The molecule has 92 valence electrons. The highest BCUT2D eigenvalue weighted by Crippen LogP contribution is 2.21. The Morgan fingerprint density at radius 2 is 1.82 bits per heavy atom. The van der Waals surface area contributed by atoms with Crippen LogP contribution in [0.4, 0.5) is 0 Å². The van der Waals surface area contributed by atoms with Crippen LogP contribution in [-0.4, -0.2) is 30.6 Å². The van der Waals surface area contributed by atoms with Crippen LogP contribution in [0.2, 0.25) is 0 Å². The molecular formula is C14H19NO2. The summed E-state index contributed by atoms with van der Waals surface area (Å²) in [6.45, 7) is 0. The number of aliphatic hydroxyl groups excluding tert-OH is 1. The van der Waals surface area contributed by atoms with Gasteiger partial charge in [0.05, 0.1) is 19.3 Å². The molecule has 1 aromatic rings. The van der Waals surface area contributed by atoms with Crippen molar-refractivity contribution in [2.75, 3.05) is 7.11 Å². The Labute approximate surface area is 102 Å². The Morgan fingerprint density at radius 3 is 2.41 bits per heavy atom. The topological polar surface area (TPSA) is 41.8 Å². The minimum atomic E-state index is -0.109. The van der Waals surface area contributed by atoms with Crippen LogP contribution >= 0.6 is 0 Å². The zero-order valence-corrected chi connectivity index (χ0v) is 10.2. The van der Waals surface area contributed by atoms with Crippen molar-refractivity contribution in [1.82, 2.24) is 0 Å². The first-order chi connectivity index (χ1) is 8.28. The van der Waals surface area contributed by atoms with Gasteiger partial charge in [-0.3, -0.25) is 4.99 Å². The average molecular weight is 233 g/mol. The number of rotatable bonds is 3. The van der Waals surface area contributed by atoms with Crippen molar-refractivity contribution < 1.29 is 9.84 Å². The molecule has 1 fully saturated rings. The van der Waals surface area contributed by atoms with E-state index >= 15 is 0 Å². The van der Waals surface area contributed by atoms with Crippen LogP contribution in [0.15, 0.2) is 29.3 Å². The summed E-state index contributed by atoms with van der Waals surface area (Å²) >= 11 is 0. The summed E-state index contributed by atoms with van der Waals surface area (Å²) in [7, 11) is 1.66. The number of hydrogen-bond acceptors (Lipinski definition) is 3. The lowest BCUT2D eigenvalue weighted by atomic mass is 9.93. The van der Waals surface area contributed by atoms with E-state index in [1.807, 2.05) is 30.5 Å². The molecule has 3 heteroatoms.